The van der Waals surface area contributed by atoms with Crippen LogP contribution in [0.3, 0.4) is 0 Å². The number of allylic oxidation sites excluding steroid dienone is 1. The van der Waals surface area contributed by atoms with E-state index < -0.39 is 11.6 Å². The van der Waals surface area contributed by atoms with Gasteiger partial charge in [0.15, 0.2) is 0 Å². The van der Waals surface area contributed by atoms with Crippen LogP contribution in [0.15, 0.2) is 58.1 Å². The van der Waals surface area contributed by atoms with E-state index in [2.05, 4.69) is 0 Å². The van der Waals surface area contributed by atoms with Gasteiger partial charge >= 0.3 is 0 Å². The van der Waals surface area contributed by atoms with Crippen LogP contribution in [0.25, 0.3) is 16.5 Å². The molecule has 0 radical (unpaired) electrons. The van der Waals surface area contributed by atoms with Gasteiger partial charge in [0.2, 0.25) is 5.78 Å². The Hall–Kier alpha value is -2.55. The Morgan fingerprint density at radius 2 is 2.09 bits per heavy atom. The maximum Gasteiger partial charge on any atom is 0.204 e. The molecule has 0 aliphatic rings. The number of rotatable bonds is 4. The van der Waals surface area contributed by atoms with Crippen LogP contribution in [0, 0.1) is 17.1 Å². The van der Waals surface area contributed by atoms with Crippen LogP contribution in [0.4, 0.5) is 4.39 Å². The summed E-state index contributed by atoms with van der Waals surface area (Å²) in [6.45, 7) is 0. The molecule has 23 heavy (non-hydrogen) atoms. The van der Waals surface area contributed by atoms with Gasteiger partial charge in [-0.25, -0.2) is 4.39 Å². The number of ketones is 1. The number of hydrogen-bond donors (Lipinski definition) is 0. The molecule has 112 valence electrons. The Labute approximate surface area is 140 Å². The van der Waals surface area contributed by atoms with Gasteiger partial charge in [-0.3, -0.25) is 4.79 Å². The number of halogens is 1. The Bertz CT molecular complexity index is 903. The van der Waals surface area contributed by atoms with Gasteiger partial charge in [-0.2, -0.15) is 16.6 Å². The molecular weight excluding hydrogens is 329 g/mol. The van der Waals surface area contributed by atoms with Crippen molar-refractivity contribution in [2.75, 3.05) is 0 Å². The van der Waals surface area contributed by atoms with Gasteiger partial charge in [0.1, 0.15) is 17.5 Å². The molecule has 3 aromatic rings. The maximum atomic E-state index is 14.3. The van der Waals surface area contributed by atoms with Gasteiger partial charge in [-0.1, -0.05) is 18.2 Å². The van der Waals surface area contributed by atoms with E-state index in [1.165, 1.54) is 34.8 Å². The number of hydrogen-bond acceptors (Lipinski definition) is 4. The second kappa shape index (κ2) is 6.69. The van der Waals surface area contributed by atoms with Crippen LogP contribution in [0.1, 0.15) is 15.9 Å². The summed E-state index contributed by atoms with van der Waals surface area (Å²) in [4.78, 5) is 13.2. The highest BCUT2D eigenvalue weighted by Gasteiger charge is 2.14. The van der Waals surface area contributed by atoms with Crippen LogP contribution in [-0.4, -0.2) is 5.78 Å². The van der Waals surface area contributed by atoms with Crippen molar-refractivity contribution in [2.45, 2.75) is 0 Å². The molecule has 0 bridgehead atoms. The minimum absolute atomic E-state index is 0.0776. The van der Waals surface area contributed by atoms with E-state index in [0.717, 1.165) is 10.4 Å². The molecule has 0 fully saturated rings. The minimum atomic E-state index is -0.457. The second-order valence-corrected chi connectivity index (χ2v) is 6.45. The van der Waals surface area contributed by atoms with Crippen molar-refractivity contribution in [3.63, 3.8) is 0 Å². The van der Waals surface area contributed by atoms with Crippen molar-refractivity contribution >= 4 is 34.5 Å². The summed E-state index contributed by atoms with van der Waals surface area (Å²) >= 11 is 2.90. The molecule has 2 aromatic heterocycles. The molecule has 0 saturated carbocycles. The number of benzene rings is 1. The molecule has 2 nitrogen and oxygen atoms in total. The molecule has 0 aliphatic heterocycles. The molecule has 0 spiro atoms. The Kier molecular flexibility index (Phi) is 4.47. The molecule has 5 heteroatoms. The highest BCUT2D eigenvalue weighted by Crippen LogP contribution is 2.27. The van der Waals surface area contributed by atoms with Crippen molar-refractivity contribution < 1.29 is 9.18 Å². The fourth-order valence-corrected chi connectivity index (χ4v) is 3.45. The molecule has 0 unspecified atom stereocenters. The van der Waals surface area contributed by atoms with E-state index in [4.69, 9.17) is 0 Å². The summed E-state index contributed by atoms with van der Waals surface area (Å²) < 4.78 is 14.3. The van der Waals surface area contributed by atoms with Gasteiger partial charge in [-0.15, -0.1) is 11.3 Å². The van der Waals surface area contributed by atoms with Crippen LogP contribution in [0.5, 0.6) is 0 Å². The van der Waals surface area contributed by atoms with E-state index in [-0.39, 0.29) is 11.1 Å². The van der Waals surface area contributed by atoms with Crippen LogP contribution in [-0.2, 0) is 0 Å². The summed E-state index contributed by atoms with van der Waals surface area (Å²) in [5.41, 5.74) is 1.37. The van der Waals surface area contributed by atoms with Crippen LogP contribution in [0.2, 0.25) is 0 Å². The molecule has 3 rings (SSSR count). The minimum Gasteiger partial charge on any atom is -0.288 e. The first-order valence-corrected chi connectivity index (χ1v) is 8.53. The molecule has 2 heterocycles. The van der Waals surface area contributed by atoms with E-state index >= 15 is 0 Å². The second-order valence-electron chi connectivity index (χ2n) is 4.72. The highest BCUT2D eigenvalue weighted by atomic mass is 32.1. The van der Waals surface area contributed by atoms with Crippen LogP contribution >= 0.6 is 22.7 Å². The smallest absolute Gasteiger partial charge is 0.204 e. The van der Waals surface area contributed by atoms with Crippen molar-refractivity contribution in [1.29, 1.82) is 5.26 Å². The molecule has 0 atom stereocenters. The van der Waals surface area contributed by atoms with Crippen molar-refractivity contribution in [3.8, 4) is 16.5 Å². The first-order chi connectivity index (χ1) is 11.2. The average Bonchev–Trinajstić information content (AvgIpc) is 3.26. The predicted octanol–water partition coefficient (Wildman–Crippen LogP) is 5.41. The topological polar surface area (TPSA) is 40.9 Å². The summed E-state index contributed by atoms with van der Waals surface area (Å²) in [5.74, 6) is -0.850. The fraction of sp³-hybridized carbons (Fsp3) is 0. The first-order valence-electron chi connectivity index (χ1n) is 6.71. The number of carbonyl (C=O) groups is 1. The lowest BCUT2D eigenvalue weighted by molar-refractivity contribution is 0.104. The zero-order valence-corrected chi connectivity index (χ0v) is 13.5. The Morgan fingerprint density at radius 1 is 1.22 bits per heavy atom. The molecule has 0 N–H and O–H groups in total. The van der Waals surface area contributed by atoms with E-state index in [9.17, 15) is 14.4 Å². The quantitative estimate of drug-likeness (QED) is 0.362. The number of nitriles is 1. The average molecular weight is 339 g/mol. The highest BCUT2D eigenvalue weighted by molar-refractivity contribution is 7.13. The van der Waals surface area contributed by atoms with E-state index in [1.54, 1.807) is 29.0 Å². The zero-order valence-electron chi connectivity index (χ0n) is 11.8. The van der Waals surface area contributed by atoms with Crippen molar-refractivity contribution in [1.82, 2.24) is 0 Å². The number of Topliss-reactive ketones (excluding diaryl/α,β-unsaturated/α-hetero) is 1. The predicted molar refractivity (Wildman–Crippen MR) is 92.0 cm³/mol. The zero-order chi connectivity index (χ0) is 16.2. The summed E-state index contributed by atoms with van der Waals surface area (Å²) in [6.07, 6.45) is 1.30. The SMILES string of the molecule is N#C/C(=C\c1ccc(-c2cccs2)cc1F)C(=O)c1ccsc1. The molecule has 0 amide bonds. The lowest BCUT2D eigenvalue weighted by Crippen LogP contribution is -2.00. The third kappa shape index (κ3) is 3.29. The van der Waals surface area contributed by atoms with E-state index in [1.807, 2.05) is 23.6 Å². The first kappa shape index (κ1) is 15.3. The number of nitrogens with zero attached hydrogens (tertiary/aromatic N) is 1. The summed E-state index contributed by atoms with van der Waals surface area (Å²) in [6, 6.07) is 12.1. The maximum absolute atomic E-state index is 14.3. The van der Waals surface area contributed by atoms with Crippen LogP contribution < -0.4 is 0 Å². The summed E-state index contributed by atoms with van der Waals surface area (Å²) in [5, 5.41) is 14.6. The van der Waals surface area contributed by atoms with Gasteiger partial charge in [0, 0.05) is 21.4 Å². The third-order valence-corrected chi connectivity index (χ3v) is 4.86. The van der Waals surface area contributed by atoms with E-state index in [0.29, 0.717) is 5.56 Å². The lowest BCUT2D eigenvalue weighted by Gasteiger charge is -2.02. The Morgan fingerprint density at radius 3 is 2.70 bits per heavy atom. The van der Waals surface area contributed by atoms with Gasteiger partial charge in [0.25, 0.3) is 0 Å². The number of carbonyl (C=O) groups excluding carboxylic acids is 1. The largest absolute Gasteiger partial charge is 0.288 e. The normalized spacial score (nSPS) is 11.2. The monoisotopic (exact) mass is 339 g/mol. The molecule has 0 saturated heterocycles. The molecular formula is C18H10FNOS2. The van der Waals surface area contributed by atoms with Gasteiger partial charge in [0.05, 0.1) is 0 Å². The standard InChI is InChI=1S/C18H10FNOS2/c19-16-9-13(17-2-1-6-23-17)4-3-12(16)8-15(10-20)18(21)14-5-7-22-11-14/h1-9,11H/b15-8+. The third-order valence-electron chi connectivity index (χ3n) is 3.25. The fourth-order valence-electron chi connectivity index (χ4n) is 2.09. The lowest BCUT2D eigenvalue weighted by atomic mass is 10.0. The molecule has 1 aromatic carbocycles. The molecule has 0 aliphatic carbocycles. The van der Waals surface area contributed by atoms with Crippen molar-refractivity contribution in [3.05, 3.63) is 75.1 Å². The van der Waals surface area contributed by atoms with Gasteiger partial charge < -0.3 is 0 Å². The number of thiophene rings is 2. The van der Waals surface area contributed by atoms with Crippen molar-refractivity contribution in [2.24, 2.45) is 0 Å². The Balaban J connectivity index is 1.95. The summed E-state index contributed by atoms with van der Waals surface area (Å²) in [7, 11) is 0. The van der Waals surface area contributed by atoms with Gasteiger partial charge in [-0.05, 0) is 40.6 Å².